The van der Waals surface area contributed by atoms with E-state index < -0.39 is 5.54 Å². The summed E-state index contributed by atoms with van der Waals surface area (Å²) in [5.74, 6) is 1.52. The van der Waals surface area contributed by atoms with Crippen molar-refractivity contribution in [1.82, 2.24) is 20.3 Å². The lowest BCUT2D eigenvalue weighted by Crippen LogP contribution is -2.41. The Bertz CT molecular complexity index is 693. The number of hydrogen-bond acceptors (Lipinski definition) is 6. The molecule has 1 aromatic heterocycles. The van der Waals surface area contributed by atoms with E-state index in [-0.39, 0.29) is 5.91 Å². The molecule has 0 aliphatic rings. The average Bonchev–Trinajstić information content (AvgIpc) is 3.04. The van der Waals surface area contributed by atoms with Gasteiger partial charge in [-0.05, 0) is 26.0 Å². The maximum atomic E-state index is 12.6. The van der Waals surface area contributed by atoms with Gasteiger partial charge in [-0.3, -0.25) is 9.48 Å². The van der Waals surface area contributed by atoms with E-state index in [1.807, 2.05) is 20.0 Å². The fraction of sp³-hybridized carbons (Fsp3) is 0.438. The normalized spacial score (nSPS) is 11.2. The molecule has 7 nitrogen and oxygen atoms in total. The zero-order valence-corrected chi connectivity index (χ0v) is 15.1. The minimum absolute atomic E-state index is 0.249. The van der Waals surface area contributed by atoms with E-state index in [9.17, 15) is 4.79 Å². The summed E-state index contributed by atoms with van der Waals surface area (Å²) >= 11 is 4.17. The summed E-state index contributed by atoms with van der Waals surface area (Å²) in [5, 5.41) is 11.1. The van der Waals surface area contributed by atoms with Crippen LogP contribution in [0.25, 0.3) is 0 Å². The van der Waals surface area contributed by atoms with Gasteiger partial charge >= 0.3 is 0 Å². The number of methoxy groups -OCH3 is 2. The Morgan fingerprint density at radius 1 is 1.25 bits per heavy atom. The summed E-state index contributed by atoms with van der Waals surface area (Å²) in [7, 11) is 3.08. The lowest BCUT2D eigenvalue weighted by atomic mass is 10.0. The van der Waals surface area contributed by atoms with Gasteiger partial charge in [-0.2, -0.15) is 12.6 Å². The highest BCUT2D eigenvalue weighted by Crippen LogP contribution is 2.24. The van der Waals surface area contributed by atoms with E-state index in [1.165, 1.54) is 0 Å². The van der Waals surface area contributed by atoms with Gasteiger partial charge < -0.3 is 14.8 Å². The number of nitrogens with zero attached hydrogens (tertiary/aromatic N) is 3. The van der Waals surface area contributed by atoms with Crippen LogP contribution in [0.5, 0.6) is 11.5 Å². The fourth-order valence-electron chi connectivity index (χ4n) is 2.16. The quantitative estimate of drug-likeness (QED) is 0.746. The van der Waals surface area contributed by atoms with Crippen LogP contribution in [0.2, 0.25) is 0 Å². The molecule has 0 saturated heterocycles. The first-order valence-corrected chi connectivity index (χ1v) is 8.10. The Hall–Kier alpha value is -2.22. The Morgan fingerprint density at radius 2 is 1.88 bits per heavy atom. The third-order valence-corrected chi connectivity index (χ3v) is 3.75. The zero-order chi connectivity index (χ0) is 17.7. The first-order valence-electron chi connectivity index (χ1n) is 7.46. The number of aryl methyl sites for hydroxylation is 1. The second-order valence-electron chi connectivity index (χ2n) is 5.77. The van der Waals surface area contributed by atoms with Crippen molar-refractivity contribution in [2.75, 3.05) is 20.0 Å². The SMILES string of the molecule is COc1cc(OC)cc(C(=O)NC(C)(C)c2cn(CCS)nn2)c1. The van der Waals surface area contributed by atoms with E-state index in [0.29, 0.717) is 35.1 Å². The molecule has 2 rings (SSSR count). The fourth-order valence-corrected chi connectivity index (χ4v) is 2.36. The molecule has 0 fully saturated rings. The first kappa shape index (κ1) is 18.1. The van der Waals surface area contributed by atoms with Crippen molar-refractivity contribution in [3.05, 3.63) is 35.7 Å². The third kappa shape index (κ3) is 4.19. The average molecular weight is 350 g/mol. The Labute approximate surface area is 146 Å². The molecule has 1 heterocycles. The monoisotopic (exact) mass is 350 g/mol. The molecular formula is C16H22N4O3S. The number of benzene rings is 1. The Morgan fingerprint density at radius 3 is 2.42 bits per heavy atom. The lowest BCUT2D eigenvalue weighted by Gasteiger charge is -2.24. The van der Waals surface area contributed by atoms with E-state index in [0.717, 1.165) is 0 Å². The number of thiol groups is 1. The van der Waals surface area contributed by atoms with Crippen molar-refractivity contribution < 1.29 is 14.3 Å². The molecule has 0 unspecified atom stereocenters. The predicted molar refractivity (Wildman–Crippen MR) is 93.9 cm³/mol. The maximum Gasteiger partial charge on any atom is 0.252 e. The van der Waals surface area contributed by atoms with Gasteiger partial charge in [0.15, 0.2) is 0 Å². The van der Waals surface area contributed by atoms with Gasteiger partial charge in [0.05, 0.1) is 32.5 Å². The molecule has 0 aliphatic carbocycles. The van der Waals surface area contributed by atoms with Crippen LogP contribution in [0.1, 0.15) is 29.9 Å². The summed E-state index contributed by atoms with van der Waals surface area (Å²) in [6.07, 6.45) is 1.81. The second kappa shape index (κ2) is 7.57. The summed E-state index contributed by atoms with van der Waals surface area (Å²) in [6, 6.07) is 5.03. The zero-order valence-electron chi connectivity index (χ0n) is 14.2. The molecule has 1 aromatic carbocycles. The van der Waals surface area contributed by atoms with Crippen LogP contribution in [0.3, 0.4) is 0 Å². The van der Waals surface area contributed by atoms with Crippen molar-refractivity contribution in [2.45, 2.75) is 25.9 Å². The van der Waals surface area contributed by atoms with Crippen molar-refractivity contribution in [3.8, 4) is 11.5 Å². The maximum absolute atomic E-state index is 12.6. The van der Waals surface area contributed by atoms with Crippen LogP contribution < -0.4 is 14.8 Å². The van der Waals surface area contributed by atoms with Crippen LogP contribution in [0, 0.1) is 0 Å². The highest BCUT2D eigenvalue weighted by molar-refractivity contribution is 7.80. The number of amides is 1. The number of rotatable bonds is 7. The molecule has 2 aromatic rings. The molecule has 24 heavy (non-hydrogen) atoms. The molecule has 0 radical (unpaired) electrons. The van der Waals surface area contributed by atoms with Gasteiger partial charge in [0, 0.05) is 17.4 Å². The highest BCUT2D eigenvalue weighted by Gasteiger charge is 2.27. The number of hydrogen-bond donors (Lipinski definition) is 2. The summed E-state index contributed by atoms with van der Waals surface area (Å²) < 4.78 is 12.1. The highest BCUT2D eigenvalue weighted by atomic mass is 32.1. The Kier molecular flexibility index (Phi) is 5.71. The second-order valence-corrected chi connectivity index (χ2v) is 6.22. The van der Waals surface area contributed by atoms with Crippen molar-refractivity contribution in [2.24, 2.45) is 0 Å². The van der Waals surface area contributed by atoms with Crippen LogP contribution in [0.15, 0.2) is 24.4 Å². The van der Waals surface area contributed by atoms with Crippen LogP contribution in [0.4, 0.5) is 0 Å². The molecule has 0 bridgehead atoms. The summed E-state index contributed by atoms with van der Waals surface area (Å²) in [5.41, 5.74) is 0.442. The topological polar surface area (TPSA) is 78.3 Å². The van der Waals surface area contributed by atoms with Gasteiger partial charge in [0.25, 0.3) is 5.91 Å². The molecule has 0 spiro atoms. The molecule has 130 valence electrons. The minimum Gasteiger partial charge on any atom is -0.497 e. The van der Waals surface area contributed by atoms with E-state index in [4.69, 9.17) is 9.47 Å². The summed E-state index contributed by atoms with van der Waals surface area (Å²) in [4.78, 5) is 12.6. The lowest BCUT2D eigenvalue weighted by molar-refractivity contribution is 0.0909. The molecule has 0 atom stereocenters. The first-order chi connectivity index (χ1) is 11.4. The smallest absolute Gasteiger partial charge is 0.252 e. The standard InChI is InChI=1S/C16H22N4O3S/c1-16(2,14-10-20(5-6-24)19-18-14)17-15(21)11-7-12(22-3)9-13(8-11)23-4/h7-10,24H,5-6H2,1-4H3,(H,17,21). The Balaban J connectivity index is 2.20. The van der Waals surface area contributed by atoms with Gasteiger partial charge in [0.2, 0.25) is 0 Å². The molecule has 1 amide bonds. The number of carbonyl (C=O) groups is 1. The van der Waals surface area contributed by atoms with Crippen LogP contribution >= 0.6 is 12.6 Å². The van der Waals surface area contributed by atoms with Crippen LogP contribution in [-0.2, 0) is 12.1 Å². The van der Waals surface area contributed by atoms with Crippen molar-refractivity contribution >= 4 is 18.5 Å². The minimum atomic E-state index is -0.678. The molecule has 1 N–H and O–H groups in total. The van der Waals surface area contributed by atoms with Gasteiger partial charge in [-0.1, -0.05) is 5.21 Å². The molecule has 8 heteroatoms. The van der Waals surface area contributed by atoms with E-state index in [1.54, 1.807) is 37.1 Å². The van der Waals surface area contributed by atoms with Crippen molar-refractivity contribution in [1.29, 1.82) is 0 Å². The number of nitrogens with one attached hydrogen (secondary N) is 1. The largest absolute Gasteiger partial charge is 0.497 e. The number of aromatic nitrogens is 3. The van der Waals surface area contributed by atoms with E-state index >= 15 is 0 Å². The van der Waals surface area contributed by atoms with Gasteiger partial charge in [-0.25, -0.2) is 0 Å². The van der Waals surface area contributed by atoms with E-state index in [2.05, 4.69) is 28.3 Å². The number of ether oxygens (including phenoxy) is 2. The third-order valence-electron chi connectivity index (χ3n) is 3.55. The van der Waals surface area contributed by atoms with Gasteiger partial charge in [-0.15, -0.1) is 5.10 Å². The number of carbonyl (C=O) groups excluding carboxylic acids is 1. The van der Waals surface area contributed by atoms with Crippen molar-refractivity contribution in [3.63, 3.8) is 0 Å². The van der Waals surface area contributed by atoms with Crippen LogP contribution in [-0.4, -0.2) is 40.9 Å². The molecule has 0 saturated carbocycles. The molecule has 0 aliphatic heterocycles. The summed E-state index contributed by atoms with van der Waals surface area (Å²) in [6.45, 7) is 4.40. The predicted octanol–water partition coefficient (Wildman–Crippen LogP) is 1.89. The molecular weight excluding hydrogens is 328 g/mol. The van der Waals surface area contributed by atoms with Gasteiger partial charge in [0.1, 0.15) is 17.2 Å².